The number of hydrogen-bond donors (Lipinski definition) is 8. The first kappa shape index (κ1) is 66.4. The fourth-order valence-corrected chi connectivity index (χ4v) is 9.07. The second-order valence-corrected chi connectivity index (χ2v) is 22.1. The van der Waals surface area contributed by atoms with Gasteiger partial charge in [0.25, 0.3) is 17.7 Å². The summed E-state index contributed by atoms with van der Waals surface area (Å²) < 4.78 is 2.32. The molecule has 0 fully saturated rings. The number of aromatic nitrogens is 3. The topological polar surface area (TPSA) is 290 Å². The second-order valence-electron chi connectivity index (χ2n) is 18.5. The van der Waals surface area contributed by atoms with E-state index in [9.17, 15) is 33.9 Å². The third-order valence-electron chi connectivity index (χ3n) is 12.4. The van der Waals surface area contributed by atoms with Gasteiger partial charge in [-0.1, -0.05) is 151 Å². The number of primary amides is 1. The maximum atomic E-state index is 13.5. The number of hydrogen-bond acceptors (Lipinski definition) is 14. The average Bonchev–Trinajstić information content (AvgIpc) is 2.53. The third kappa shape index (κ3) is 19.2. The van der Waals surface area contributed by atoms with Gasteiger partial charge in [-0.25, -0.2) is 15.0 Å². The lowest BCUT2D eigenvalue weighted by Gasteiger charge is -2.21. The number of ketones is 3. The Bertz CT molecular complexity index is 4190. The molecule has 17 nitrogen and oxygen atoms in total. The fourth-order valence-electron chi connectivity index (χ4n) is 8.12. The van der Waals surface area contributed by atoms with E-state index in [1.807, 2.05) is 84.9 Å². The molecule has 2 atom stereocenters. The number of aliphatic hydroxyl groups excluding tert-OH is 2. The summed E-state index contributed by atoms with van der Waals surface area (Å²) in [4.78, 5) is 84.6. The Morgan fingerprint density at radius 1 is 0.420 bits per heavy atom. The van der Waals surface area contributed by atoms with Gasteiger partial charge in [0, 0.05) is 70.1 Å². The van der Waals surface area contributed by atoms with Gasteiger partial charge in [0.15, 0.2) is 12.4 Å². The van der Waals surface area contributed by atoms with Gasteiger partial charge in [0.05, 0.1) is 0 Å². The minimum atomic E-state index is -1.95. The smallest absolute Gasteiger partial charge is 0.272 e. The van der Waals surface area contributed by atoms with E-state index in [-0.39, 0.29) is 22.9 Å². The summed E-state index contributed by atoms with van der Waals surface area (Å²) >= 11 is 21.2. The minimum Gasteiger partial charge on any atom is -0.399 e. The van der Waals surface area contributed by atoms with Gasteiger partial charge in [-0.15, -0.1) is 0 Å². The van der Waals surface area contributed by atoms with Crippen LogP contribution in [0.5, 0.6) is 0 Å². The van der Waals surface area contributed by atoms with Crippen molar-refractivity contribution in [2.45, 2.75) is 18.7 Å². The highest BCUT2D eigenvalue weighted by molar-refractivity contribution is 9.11. The number of pyridine rings is 3. The molecule has 0 bridgehead atoms. The summed E-state index contributed by atoms with van der Waals surface area (Å²) in [5.41, 5.74) is 13.5. The van der Waals surface area contributed by atoms with Crippen molar-refractivity contribution in [1.82, 2.24) is 25.6 Å². The number of carbonyl (C=O) groups excluding carboxylic acids is 6. The van der Waals surface area contributed by atoms with Crippen molar-refractivity contribution in [2.75, 3.05) is 11.1 Å². The molecule has 0 saturated carbocycles. The van der Waals surface area contributed by atoms with Crippen LogP contribution < -0.4 is 27.4 Å². The van der Waals surface area contributed by atoms with Gasteiger partial charge in [-0.3, -0.25) is 28.8 Å². The Hall–Kier alpha value is -9.09. The van der Waals surface area contributed by atoms with E-state index in [1.54, 1.807) is 121 Å². The molecule has 3 aromatic heterocycles. The van der Waals surface area contributed by atoms with Crippen LogP contribution in [0.2, 0.25) is 10.0 Å². The number of nitrogens with one attached hydrogen (secondary N) is 3. The van der Waals surface area contributed by atoms with Gasteiger partial charge in [0.1, 0.15) is 17.1 Å². The van der Waals surface area contributed by atoms with E-state index in [1.165, 1.54) is 24.7 Å². The Balaban J connectivity index is 0.000000170. The zero-order valence-electron chi connectivity index (χ0n) is 45.8. The standard InChI is InChI=1S/C24H17BrClN3O2.C18H13BrN2O3.C12H10O3.C6H5BrN2O.C6H6ClN/c25-16-8-13-21(27-14-16)24(31)29-23(28-18-11-9-17(26)10-12-18)22(30)20-7-3-5-15-4-1-2-6-19(15)20;19-12-8-9-15(20-10-12)17(23)21-18(24)16(22)14-7-3-5-11-4-1-2-6-13(11)14;13-11(12(14)15)10-7-3-5-8-4-1-2-6-9(8)10;7-4-1-2-5(6(8)10)9-3-4;7-5-1-3-6(8)4-2-5/h1-14,23,28H,(H,29,31);1-10,18,24H,(H,21,23);1-7,12,14-15H;1-3H,(H2,8,10);1-4H,8H2. The van der Waals surface area contributed by atoms with E-state index >= 15 is 0 Å². The quantitative estimate of drug-likeness (QED) is 0.0303. The van der Waals surface area contributed by atoms with Crippen LogP contribution in [0.3, 0.4) is 0 Å². The number of nitrogens with zero attached hydrogens (tertiary/aromatic N) is 3. The first-order valence-corrected chi connectivity index (χ1v) is 29.3. The molecule has 2 unspecified atom stereocenters. The van der Waals surface area contributed by atoms with Gasteiger partial charge in [0.2, 0.25) is 23.6 Å². The summed E-state index contributed by atoms with van der Waals surface area (Å²) in [6, 6.07) is 62.0. The average molecular weight is 1410 g/mol. The first-order valence-electron chi connectivity index (χ1n) is 26.2. The molecule has 0 aliphatic carbocycles. The number of rotatable bonds is 13. The van der Waals surface area contributed by atoms with Crippen molar-refractivity contribution in [3.63, 3.8) is 0 Å². The van der Waals surface area contributed by atoms with Crippen molar-refractivity contribution < 1.29 is 44.1 Å². The Morgan fingerprint density at radius 3 is 1.17 bits per heavy atom. The van der Waals surface area contributed by atoms with E-state index in [4.69, 9.17) is 44.9 Å². The number of benzene rings is 8. The number of fused-ring (bicyclic) bond motifs is 3. The molecular formula is C66H51Br3Cl2N8O9. The largest absolute Gasteiger partial charge is 0.399 e. The van der Waals surface area contributed by atoms with E-state index in [0.717, 1.165) is 56.4 Å². The molecule has 0 radical (unpaired) electrons. The van der Waals surface area contributed by atoms with Crippen LogP contribution in [0, 0.1) is 0 Å². The van der Waals surface area contributed by atoms with Crippen LogP contribution >= 0.6 is 71.0 Å². The maximum absolute atomic E-state index is 13.5. The molecule has 0 spiro atoms. The van der Waals surface area contributed by atoms with Gasteiger partial charge in [-0.2, -0.15) is 0 Å². The minimum absolute atomic E-state index is 0.114. The van der Waals surface area contributed by atoms with Crippen LogP contribution in [0.15, 0.2) is 244 Å². The molecule has 11 rings (SSSR count). The molecule has 11 aromatic rings. The van der Waals surface area contributed by atoms with Crippen LogP contribution in [0.25, 0.3) is 32.3 Å². The Morgan fingerprint density at radius 2 is 0.784 bits per heavy atom. The highest BCUT2D eigenvalue weighted by atomic mass is 79.9. The number of anilines is 2. The molecule has 0 aliphatic rings. The third-order valence-corrected chi connectivity index (χ3v) is 14.3. The van der Waals surface area contributed by atoms with E-state index < -0.39 is 48.0 Å². The second kappa shape index (κ2) is 32.6. The predicted molar refractivity (Wildman–Crippen MR) is 353 cm³/mol. The molecule has 3 heterocycles. The number of carbonyl (C=O) groups is 6. The van der Waals surface area contributed by atoms with Crippen LogP contribution in [0.4, 0.5) is 11.4 Å². The zero-order chi connectivity index (χ0) is 63.3. The molecule has 0 saturated heterocycles. The zero-order valence-corrected chi connectivity index (χ0v) is 52.1. The number of Topliss-reactive ketones (excluding diaryl/α,β-unsaturated/α-hetero) is 3. The van der Waals surface area contributed by atoms with Crippen molar-refractivity contribution in [1.29, 1.82) is 0 Å². The molecule has 88 heavy (non-hydrogen) atoms. The number of nitrogens with two attached hydrogens (primary N) is 2. The summed E-state index contributed by atoms with van der Waals surface area (Å²) in [6.07, 6.45) is -0.0775. The highest BCUT2D eigenvalue weighted by Gasteiger charge is 2.26. The number of aliphatic hydroxyl groups is 3. The molecule has 22 heteroatoms. The Labute approximate surface area is 539 Å². The van der Waals surface area contributed by atoms with Gasteiger partial charge >= 0.3 is 0 Å². The van der Waals surface area contributed by atoms with Gasteiger partial charge in [-0.05, 0) is 165 Å². The fraction of sp³-hybridized carbons (Fsp3) is 0.0455. The van der Waals surface area contributed by atoms with Crippen molar-refractivity contribution in [3.8, 4) is 0 Å². The first-order chi connectivity index (χ1) is 42.3. The number of halogens is 5. The summed E-state index contributed by atoms with van der Waals surface area (Å²) in [5.74, 6) is -3.11. The number of amides is 3. The molecular weight excluding hydrogens is 1360 g/mol. The number of nitrogen functional groups attached to an aromatic ring is 1. The maximum Gasteiger partial charge on any atom is 0.272 e. The molecule has 3 amide bonds. The summed E-state index contributed by atoms with van der Waals surface area (Å²) in [6.45, 7) is 0. The Kier molecular flexibility index (Phi) is 24.6. The lowest BCUT2D eigenvalue weighted by Crippen LogP contribution is -2.46. The van der Waals surface area contributed by atoms with Gasteiger partial charge < -0.3 is 42.7 Å². The lowest BCUT2D eigenvalue weighted by molar-refractivity contribution is -0.0194. The van der Waals surface area contributed by atoms with Crippen molar-refractivity contribution >= 4 is 150 Å². The van der Waals surface area contributed by atoms with Crippen LogP contribution in [0.1, 0.15) is 62.5 Å². The monoisotopic (exact) mass is 1410 g/mol. The SMILES string of the molecule is NC(=O)c1ccc(Br)cn1.Nc1ccc(Cl)cc1.O=C(NC(Nc1ccc(Cl)cc1)C(=O)c1cccc2ccccc12)c1ccc(Br)cn1.O=C(NC(O)C(=O)c1cccc2ccccc12)c1ccc(Br)cn1.O=C(c1cccc2ccccc12)C(O)O. The normalized spacial score (nSPS) is 11.1. The van der Waals surface area contributed by atoms with Crippen LogP contribution in [-0.2, 0) is 0 Å². The highest BCUT2D eigenvalue weighted by Crippen LogP contribution is 2.24. The predicted octanol–water partition coefficient (Wildman–Crippen LogP) is 12.8. The molecule has 0 aliphatic heterocycles. The lowest BCUT2D eigenvalue weighted by atomic mass is 10.00. The van der Waals surface area contributed by atoms with E-state index in [2.05, 4.69) is 78.7 Å². The molecule has 8 aromatic carbocycles. The summed E-state index contributed by atoms with van der Waals surface area (Å²) in [5, 5.41) is 42.2. The van der Waals surface area contributed by atoms with E-state index in [0.29, 0.717) is 27.4 Å². The summed E-state index contributed by atoms with van der Waals surface area (Å²) in [7, 11) is 0. The molecule has 444 valence electrons. The van der Waals surface area contributed by atoms with Crippen molar-refractivity contribution in [3.05, 3.63) is 288 Å². The molecule has 10 N–H and O–H groups in total. The van der Waals surface area contributed by atoms with Crippen LogP contribution in [-0.4, -0.2) is 84.0 Å². The van der Waals surface area contributed by atoms with Crippen molar-refractivity contribution in [2.24, 2.45) is 5.73 Å².